The lowest BCUT2D eigenvalue weighted by atomic mass is 10.00. The maximum absolute atomic E-state index is 11.6. The zero-order valence-corrected chi connectivity index (χ0v) is 14.1. The summed E-state index contributed by atoms with van der Waals surface area (Å²) < 4.78 is 0. The number of hydrogen-bond donors (Lipinski definition) is 5. The molecule has 5 N–H and O–H groups in total. The minimum atomic E-state index is -1.88. The van der Waals surface area contributed by atoms with Crippen LogP contribution in [0.5, 0.6) is 0 Å². The first-order valence-electron chi connectivity index (χ1n) is 7.46. The number of carbonyl (C=O) groups is 2. The maximum atomic E-state index is 11.6. The van der Waals surface area contributed by atoms with Crippen molar-refractivity contribution >= 4 is 18.3 Å². The lowest BCUT2D eigenvalue weighted by molar-refractivity contribution is -0.142. The second kappa shape index (κ2) is 12.3. The molecule has 4 unspecified atom stereocenters. The monoisotopic (exact) mass is 355 g/mol. The number of aliphatic hydroxyl groups is 5. The van der Waals surface area contributed by atoms with E-state index in [-0.39, 0.29) is 0 Å². The Morgan fingerprint density at radius 2 is 1.60 bits per heavy atom. The molecule has 0 heterocycles. The van der Waals surface area contributed by atoms with Crippen molar-refractivity contribution in [3.8, 4) is 0 Å². The smallest absolute Gasteiger partial charge is 0.209 e. The molecule has 0 aliphatic carbocycles. The molecule has 0 spiro atoms. The molecule has 0 radical (unpaired) electrons. The number of hydrogen-bond acceptors (Lipinski definition) is 7. The Hall–Kier alpha value is -2.10. The van der Waals surface area contributed by atoms with Crippen molar-refractivity contribution in [1.82, 2.24) is 4.90 Å². The molecule has 8 nitrogen and oxygen atoms in total. The number of amides is 1. The normalized spacial score (nSPS) is 15.5. The zero-order chi connectivity index (χ0) is 19.4. The van der Waals surface area contributed by atoms with Crippen LogP contribution in [0.4, 0.5) is 0 Å². The van der Waals surface area contributed by atoms with Gasteiger partial charge in [0.15, 0.2) is 5.78 Å². The van der Waals surface area contributed by atoms with Gasteiger partial charge in [-0.2, -0.15) is 0 Å². The Kier molecular flexibility index (Phi) is 11.3. The number of nitrogens with zero attached hydrogens (tertiary/aromatic N) is 1. The molecule has 4 atom stereocenters. The first kappa shape index (κ1) is 22.9. The van der Waals surface area contributed by atoms with E-state index in [1.807, 2.05) is 6.07 Å². The topological polar surface area (TPSA) is 139 Å². The summed E-state index contributed by atoms with van der Waals surface area (Å²) in [5, 5.41) is 46.3. The highest BCUT2D eigenvalue weighted by Crippen LogP contribution is 2.08. The van der Waals surface area contributed by atoms with Crippen LogP contribution in [0.15, 0.2) is 36.4 Å². The summed E-state index contributed by atoms with van der Waals surface area (Å²) in [6.07, 6.45) is -3.94. The average Bonchev–Trinajstić information content (AvgIpc) is 2.64. The molecule has 140 valence electrons. The van der Waals surface area contributed by atoms with Crippen molar-refractivity contribution in [2.24, 2.45) is 0 Å². The van der Waals surface area contributed by atoms with E-state index in [4.69, 9.17) is 10.2 Å². The van der Waals surface area contributed by atoms with Crippen molar-refractivity contribution < 1.29 is 35.1 Å². The van der Waals surface area contributed by atoms with Gasteiger partial charge in [0.05, 0.1) is 6.61 Å². The number of ketones is 1. The van der Waals surface area contributed by atoms with Crippen molar-refractivity contribution in [1.29, 1.82) is 0 Å². The minimum absolute atomic E-state index is 0.735. The highest BCUT2D eigenvalue weighted by Gasteiger charge is 2.32. The Bertz CT molecular complexity index is 533. The van der Waals surface area contributed by atoms with E-state index in [0.717, 1.165) is 18.0 Å². The van der Waals surface area contributed by atoms with Gasteiger partial charge in [0.1, 0.15) is 24.4 Å². The van der Waals surface area contributed by atoms with Gasteiger partial charge in [-0.25, -0.2) is 0 Å². The van der Waals surface area contributed by atoms with E-state index in [1.165, 1.54) is 11.0 Å². The average molecular weight is 355 g/mol. The van der Waals surface area contributed by atoms with E-state index < -0.39 is 36.8 Å². The van der Waals surface area contributed by atoms with Crippen LogP contribution in [-0.2, 0) is 9.59 Å². The van der Waals surface area contributed by atoms with Crippen molar-refractivity contribution in [3.63, 3.8) is 0 Å². The summed E-state index contributed by atoms with van der Waals surface area (Å²) in [6.45, 7) is -0.793. The Morgan fingerprint density at radius 3 is 2.04 bits per heavy atom. The molecule has 1 aromatic carbocycles. The molecule has 0 fully saturated rings. The quantitative estimate of drug-likeness (QED) is 0.280. The standard InChI is InChI=1S/C14H18O6.C3H7NO/c15-8-11(17)13(19)14(20)12(18)10(16)7-6-9-4-2-1-3-5-9;1-4(2)3-5/h1-7,11-15,17-20H,8H2;3H,1-2H3. The van der Waals surface area contributed by atoms with Crippen LogP contribution < -0.4 is 0 Å². The first-order valence-corrected chi connectivity index (χ1v) is 7.46. The fraction of sp³-hybridized carbons (Fsp3) is 0.412. The van der Waals surface area contributed by atoms with Gasteiger partial charge in [0, 0.05) is 14.1 Å². The predicted molar refractivity (Wildman–Crippen MR) is 91.3 cm³/mol. The van der Waals surface area contributed by atoms with E-state index in [0.29, 0.717) is 0 Å². The van der Waals surface area contributed by atoms with Gasteiger partial charge >= 0.3 is 0 Å². The van der Waals surface area contributed by atoms with E-state index in [1.54, 1.807) is 38.4 Å². The third-order valence-corrected chi connectivity index (χ3v) is 3.00. The summed E-state index contributed by atoms with van der Waals surface area (Å²) in [5.74, 6) is -0.814. The van der Waals surface area contributed by atoms with Crippen LogP contribution in [0.25, 0.3) is 6.08 Å². The molecule has 0 aliphatic heterocycles. The number of benzene rings is 1. The molecule has 0 saturated heterocycles. The van der Waals surface area contributed by atoms with Crippen LogP contribution in [0.3, 0.4) is 0 Å². The third-order valence-electron chi connectivity index (χ3n) is 3.00. The van der Waals surface area contributed by atoms with Gasteiger partial charge < -0.3 is 30.4 Å². The second-order valence-electron chi connectivity index (χ2n) is 5.39. The van der Waals surface area contributed by atoms with Crippen LogP contribution in [-0.4, -0.2) is 87.7 Å². The highest BCUT2D eigenvalue weighted by atomic mass is 16.4. The molecule has 25 heavy (non-hydrogen) atoms. The van der Waals surface area contributed by atoms with Crippen molar-refractivity contribution in [2.75, 3.05) is 20.7 Å². The minimum Gasteiger partial charge on any atom is -0.394 e. The van der Waals surface area contributed by atoms with Gasteiger partial charge in [-0.3, -0.25) is 9.59 Å². The van der Waals surface area contributed by atoms with E-state index >= 15 is 0 Å². The molecule has 0 bridgehead atoms. The number of aliphatic hydroxyl groups excluding tert-OH is 5. The largest absolute Gasteiger partial charge is 0.394 e. The molecule has 0 aromatic heterocycles. The van der Waals surface area contributed by atoms with Gasteiger partial charge in [0.2, 0.25) is 6.41 Å². The van der Waals surface area contributed by atoms with Gasteiger partial charge in [-0.05, 0) is 11.6 Å². The van der Waals surface area contributed by atoms with Crippen LogP contribution >= 0.6 is 0 Å². The van der Waals surface area contributed by atoms with Crippen LogP contribution in [0, 0.1) is 0 Å². The van der Waals surface area contributed by atoms with E-state index in [2.05, 4.69) is 0 Å². The molecule has 0 aliphatic rings. The number of rotatable bonds is 8. The lowest BCUT2D eigenvalue weighted by Crippen LogP contribution is -2.48. The van der Waals surface area contributed by atoms with Gasteiger partial charge in [0.25, 0.3) is 0 Å². The molecular formula is C17H25NO7. The zero-order valence-electron chi connectivity index (χ0n) is 14.1. The maximum Gasteiger partial charge on any atom is 0.209 e. The van der Waals surface area contributed by atoms with Gasteiger partial charge in [-0.15, -0.1) is 0 Å². The predicted octanol–water partition coefficient (Wildman–Crippen LogP) is -1.59. The first-order chi connectivity index (χ1) is 11.7. The summed E-state index contributed by atoms with van der Waals surface area (Å²) >= 11 is 0. The lowest BCUT2D eigenvalue weighted by Gasteiger charge is -2.24. The Morgan fingerprint density at radius 1 is 1.08 bits per heavy atom. The van der Waals surface area contributed by atoms with E-state index in [9.17, 15) is 24.9 Å². The van der Waals surface area contributed by atoms with Gasteiger partial charge in [-0.1, -0.05) is 36.4 Å². The number of carbonyl (C=O) groups excluding carboxylic acids is 2. The molecule has 1 rings (SSSR count). The molecule has 8 heteroatoms. The molecule has 1 aromatic rings. The summed E-state index contributed by atoms with van der Waals surface area (Å²) in [5.41, 5.74) is 0.735. The Labute approximate surface area is 146 Å². The van der Waals surface area contributed by atoms with Crippen LogP contribution in [0.1, 0.15) is 5.56 Å². The fourth-order valence-electron chi connectivity index (χ4n) is 1.53. The summed E-state index contributed by atoms with van der Waals surface area (Å²) in [6, 6.07) is 8.85. The second-order valence-corrected chi connectivity index (χ2v) is 5.39. The van der Waals surface area contributed by atoms with Crippen LogP contribution in [0.2, 0.25) is 0 Å². The summed E-state index contributed by atoms with van der Waals surface area (Å²) in [4.78, 5) is 22.5. The molecule has 0 saturated carbocycles. The third kappa shape index (κ3) is 9.08. The summed E-state index contributed by atoms with van der Waals surface area (Å²) in [7, 11) is 3.38. The Balaban J connectivity index is 0.00000101. The molecular weight excluding hydrogens is 330 g/mol. The highest BCUT2D eigenvalue weighted by molar-refractivity contribution is 5.97. The fourth-order valence-corrected chi connectivity index (χ4v) is 1.53. The van der Waals surface area contributed by atoms with Crippen molar-refractivity contribution in [2.45, 2.75) is 24.4 Å². The SMILES string of the molecule is CN(C)C=O.O=C(C=Cc1ccccc1)C(O)C(O)C(O)C(O)CO. The van der Waals surface area contributed by atoms with Crippen molar-refractivity contribution in [3.05, 3.63) is 42.0 Å². The molecule has 1 amide bonds.